The highest BCUT2D eigenvalue weighted by Gasteiger charge is 2.21. The highest BCUT2D eigenvalue weighted by atomic mass is 32.1. The summed E-state index contributed by atoms with van der Waals surface area (Å²) in [5.74, 6) is -0.708. The molecule has 0 fully saturated rings. The van der Waals surface area contributed by atoms with E-state index in [1.54, 1.807) is 17.5 Å². The van der Waals surface area contributed by atoms with Crippen LogP contribution in [0.5, 0.6) is 0 Å². The lowest BCUT2D eigenvalue weighted by Crippen LogP contribution is -2.34. The molecule has 5 heteroatoms. The van der Waals surface area contributed by atoms with E-state index >= 15 is 0 Å². The van der Waals surface area contributed by atoms with Gasteiger partial charge in [-0.05, 0) is 41.8 Å². The molecule has 1 aliphatic rings. The lowest BCUT2D eigenvalue weighted by Gasteiger charge is -2.26. The first-order valence-corrected chi connectivity index (χ1v) is 8.20. The van der Waals surface area contributed by atoms with E-state index in [0.717, 1.165) is 19.3 Å². The number of ether oxygens (including phenoxy) is 1. The molecule has 1 aromatic heterocycles. The van der Waals surface area contributed by atoms with Gasteiger partial charge in [-0.15, -0.1) is 11.3 Å². The van der Waals surface area contributed by atoms with Crippen LogP contribution in [0.3, 0.4) is 0 Å². The minimum Gasteiger partial charge on any atom is -0.451 e. The molecule has 1 aliphatic carbocycles. The van der Waals surface area contributed by atoms with Crippen LogP contribution < -0.4 is 5.32 Å². The Kier molecular flexibility index (Phi) is 4.53. The number of amides is 1. The Labute approximate surface area is 133 Å². The van der Waals surface area contributed by atoms with Crippen LogP contribution in [0.1, 0.15) is 39.7 Å². The first-order chi connectivity index (χ1) is 10.7. The van der Waals surface area contributed by atoms with E-state index in [2.05, 4.69) is 17.4 Å². The van der Waals surface area contributed by atoms with Crippen molar-refractivity contribution in [2.75, 3.05) is 6.61 Å². The van der Waals surface area contributed by atoms with Crippen LogP contribution in [0.4, 0.5) is 0 Å². The van der Waals surface area contributed by atoms with Crippen molar-refractivity contribution in [2.24, 2.45) is 0 Å². The largest absolute Gasteiger partial charge is 0.451 e. The Balaban J connectivity index is 1.55. The van der Waals surface area contributed by atoms with Crippen LogP contribution in [-0.2, 0) is 16.0 Å². The van der Waals surface area contributed by atoms with Gasteiger partial charge in [0.15, 0.2) is 6.61 Å². The fourth-order valence-corrected chi connectivity index (χ4v) is 3.35. The Hall–Kier alpha value is -2.14. The summed E-state index contributed by atoms with van der Waals surface area (Å²) in [6.07, 6.45) is 3.02. The Morgan fingerprint density at radius 2 is 2.09 bits per heavy atom. The smallest absolute Gasteiger partial charge is 0.348 e. The fraction of sp³-hybridized carbons (Fsp3) is 0.294. The third-order valence-corrected chi connectivity index (χ3v) is 4.61. The molecule has 0 unspecified atom stereocenters. The van der Waals surface area contributed by atoms with E-state index in [9.17, 15) is 9.59 Å². The van der Waals surface area contributed by atoms with Crippen LogP contribution in [0.15, 0.2) is 41.8 Å². The van der Waals surface area contributed by atoms with Crippen LogP contribution in [0.2, 0.25) is 0 Å². The molecular weight excluding hydrogens is 298 g/mol. The molecule has 1 heterocycles. The summed E-state index contributed by atoms with van der Waals surface area (Å²) in [4.78, 5) is 24.2. The molecule has 0 spiro atoms. The Morgan fingerprint density at radius 1 is 1.23 bits per heavy atom. The summed E-state index contributed by atoms with van der Waals surface area (Å²) in [5.41, 5.74) is 2.46. The zero-order valence-electron chi connectivity index (χ0n) is 12.1. The average molecular weight is 315 g/mol. The standard InChI is InChI=1S/C17H17NO3S/c19-16(11-21-17(20)15-9-4-10-22-15)18-14-8-3-6-12-5-1-2-7-13(12)14/h1-2,4-5,7,9-10,14H,3,6,8,11H2,(H,18,19)/t14-/m1/s1. The van der Waals surface area contributed by atoms with Crippen LogP contribution in [0.25, 0.3) is 0 Å². The lowest BCUT2D eigenvalue weighted by atomic mass is 9.88. The first-order valence-electron chi connectivity index (χ1n) is 7.32. The maximum Gasteiger partial charge on any atom is 0.348 e. The molecule has 0 saturated heterocycles. The molecule has 22 heavy (non-hydrogen) atoms. The van der Waals surface area contributed by atoms with Gasteiger partial charge in [0.25, 0.3) is 5.91 Å². The zero-order valence-corrected chi connectivity index (χ0v) is 12.9. The normalized spacial score (nSPS) is 16.6. The lowest BCUT2D eigenvalue weighted by molar-refractivity contribution is -0.125. The first kappa shape index (κ1) is 14.8. The number of aryl methyl sites for hydroxylation is 1. The summed E-state index contributed by atoms with van der Waals surface area (Å²) in [7, 11) is 0. The van der Waals surface area contributed by atoms with E-state index < -0.39 is 5.97 Å². The highest BCUT2D eigenvalue weighted by molar-refractivity contribution is 7.11. The molecule has 1 amide bonds. The molecule has 0 saturated carbocycles. The fourth-order valence-electron chi connectivity index (χ4n) is 2.74. The van der Waals surface area contributed by atoms with Crippen molar-refractivity contribution in [3.63, 3.8) is 0 Å². The summed E-state index contributed by atoms with van der Waals surface area (Å²) in [6, 6.07) is 11.6. The number of esters is 1. The molecule has 0 radical (unpaired) electrons. The molecule has 2 aromatic rings. The number of carbonyl (C=O) groups is 2. The molecule has 0 aliphatic heterocycles. The van der Waals surface area contributed by atoms with E-state index in [0.29, 0.717) is 4.88 Å². The van der Waals surface area contributed by atoms with Gasteiger partial charge in [-0.1, -0.05) is 30.3 Å². The van der Waals surface area contributed by atoms with Crippen molar-refractivity contribution in [1.29, 1.82) is 0 Å². The molecule has 1 aromatic carbocycles. The van der Waals surface area contributed by atoms with Gasteiger partial charge in [0.1, 0.15) is 4.88 Å². The third kappa shape index (κ3) is 3.36. The Bertz CT molecular complexity index is 666. The molecule has 3 rings (SSSR count). The van der Waals surface area contributed by atoms with Crippen LogP contribution in [-0.4, -0.2) is 18.5 Å². The van der Waals surface area contributed by atoms with Crippen molar-refractivity contribution in [1.82, 2.24) is 5.32 Å². The van der Waals surface area contributed by atoms with Gasteiger partial charge in [0.2, 0.25) is 0 Å². The third-order valence-electron chi connectivity index (χ3n) is 3.76. The molecule has 1 atom stereocenters. The number of hydrogen-bond acceptors (Lipinski definition) is 4. The van der Waals surface area contributed by atoms with Crippen molar-refractivity contribution in [3.05, 3.63) is 57.8 Å². The maximum atomic E-state index is 12.0. The van der Waals surface area contributed by atoms with Gasteiger partial charge in [-0.3, -0.25) is 4.79 Å². The number of nitrogens with one attached hydrogen (secondary N) is 1. The summed E-state index contributed by atoms with van der Waals surface area (Å²) >= 11 is 1.30. The van der Waals surface area contributed by atoms with E-state index in [1.165, 1.54) is 22.5 Å². The number of rotatable bonds is 4. The second-order valence-electron chi connectivity index (χ2n) is 5.26. The molecule has 114 valence electrons. The van der Waals surface area contributed by atoms with E-state index in [-0.39, 0.29) is 18.6 Å². The van der Waals surface area contributed by atoms with Gasteiger partial charge in [0, 0.05) is 0 Å². The SMILES string of the molecule is O=C(COC(=O)c1cccs1)N[C@@H]1CCCc2ccccc21. The topological polar surface area (TPSA) is 55.4 Å². The predicted molar refractivity (Wildman–Crippen MR) is 84.9 cm³/mol. The monoisotopic (exact) mass is 315 g/mol. The second kappa shape index (κ2) is 6.75. The van der Waals surface area contributed by atoms with Crippen molar-refractivity contribution in [2.45, 2.75) is 25.3 Å². The number of carbonyl (C=O) groups excluding carboxylic acids is 2. The molecular formula is C17H17NO3S. The number of hydrogen-bond donors (Lipinski definition) is 1. The minimum atomic E-state index is -0.450. The number of fused-ring (bicyclic) bond motifs is 1. The van der Waals surface area contributed by atoms with Crippen LogP contribution in [0, 0.1) is 0 Å². The number of thiophene rings is 1. The molecule has 1 N–H and O–H groups in total. The Morgan fingerprint density at radius 3 is 2.91 bits per heavy atom. The summed E-state index contributed by atoms with van der Waals surface area (Å²) in [6.45, 7) is -0.241. The van der Waals surface area contributed by atoms with E-state index in [1.807, 2.05) is 12.1 Å². The quantitative estimate of drug-likeness (QED) is 0.882. The molecule has 0 bridgehead atoms. The predicted octanol–water partition coefficient (Wildman–Crippen LogP) is 3.10. The van der Waals surface area contributed by atoms with Crippen LogP contribution >= 0.6 is 11.3 Å². The van der Waals surface area contributed by atoms with Gasteiger partial charge < -0.3 is 10.1 Å². The summed E-state index contributed by atoms with van der Waals surface area (Å²) in [5, 5.41) is 4.76. The van der Waals surface area contributed by atoms with Gasteiger partial charge in [0.05, 0.1) is 6.04 Å². The van der Waals surface area contributed by atoms with Crippen molar-refractivity contribution < 1.29 is 14.3 Å². The second-order valence-corrected chi connectivity index (χ2v) is 6.21. The molecule has 4 nitrogen and oxygen atoms in total. The van der Waals surface area contributed by atoms with Gasteiger partial charge >= 0.3 is 5.97 Å². The van der Waals surface area contributed by atoms with Gasteiger partial charge in [-0.25, -0.2) is 4.79 Å². The zero-order chi connectivity index (χ0) is 15.4. The van der Waals surface area contributed by atoms with Gasteiger partial charge in [-0.2, -0.15) is 0 Å². The van der Waals surface area contributed by atoms with E-state index in [4.69, 9.17) is 4.74 Å². The highest BCUT2D eigenvalue weighted by Crippen LogP contribution is 2.29. The maximum absolute atomic E-state index is 12.0. The minimum absolute atomic E-state index is 0.0119. The number of benzene rings is 1. The van der Waals surface area contributed by atoms with Crippen molar-refractivity contribution in [3.8, 4) is 0 Å². The summed E-state index contributed by atoms with van der Waals surface area (Å²) < 4.78 is 5.04. The van der Waals surface area contributed by atoms with Crippen molar-refractivity contribution >= 4 is 23.2 Å². The average Bonchev–Trinajstić information content (AvgIpc) is 3.07.